The van der Waals surface area contributed by atoms with Gasteiger partial charge in [-0.1, -0.05) is 25.7 Å². The van der Waals surface area contributed by atoms with Gasteiger partial charge in [0.2, 0.25) is 11.8 Å². The number of anilines is 2. The summed E-state index contributed by atoms with van der Waals surface area (Å²) in [4.78, 5) is 23.6. The maximum Gasteiger partial charge on any atom is 0.504 e. The normalized spacial score (nSPS) is 19.9. The Kier molecular flexibility index (Phi) is 11.6. The minimum absolute atomic E-state index is 0.656. The topological polar surface area (TPSA) is 127 Å². The number of nitrogens with zero attached hydrogens (tertiary/aromatic N) is 8. The molecular formula is C30H48N8O6+2. The van der Waals surface area contributed by atoms with Crippen molar-refractivity contribution in [2.24, 2.45) is 0 Å². The summed E-state index contributed by atoms with van der Waals surface area (Å²) in [6.45, 7) is 11.9. The fourth-order valence-electron chi connectivity index (χ4n) is 5.81. The van der Waals surface area contributed by atoms with Gasteiger partial charge in [0.15, 0.2) is 0 Å². The van der Waals surface area contributed by atoms with Crippen LogP contribution >= 0.6 is 0 Å². The molecule has 6 rings (SSSR count). The van der Waals surface area contributed by atoms with E-state index in [1.54, 1.807) is 0 Å². The van der Waals surface area contributed by atoms with E-state index in [0.717, 1.165) is 115 Å². The first-order valence-electron chi connectivity index (χ1n) is 16.5. The van der Waals surface area contributed by atoms with Crippen molar-refractivity contribution in [2.45, 2.75) is 51.4 Å². The summed E-state index contributed by atoms with van der Waals surface area (Å²) in [5, 5.41) is 0. The van der Waals surface area contributed by atoms with Crippen LogP contribution in [0.25, 0.3) is 0 Å². The summed E-state index contributed by atoms with van der Waals surface area (Å²) in [6.07, 6.45) is 8.33. The quantitative estimate of drug-likeness (QED) is 0.246. The fraction of sp³-hybridized carbons (Fsp3) is 0.800. The lowest BCUT2D eigenvalue weighted by atomic mass is 10.1. The van der Waals surface area contributed by atoms with E-state index in [4.69, 9.17) is 47.7 Å². The molecule has 0 aliphatic carbocycles. The lowest BCUT2D eigenvalue weighted by Crippen LogP contribution is -2.43. The molecule has 0 saturated carbocycles. The Morgan fingerprint density at radius 3 is 1.23 bits per heavy atom. The Morgan fingerprint density at radius 2 is 0.818 bits per heavy atom. The highest BCUT2D eigenvalue weighted by atomic mass is 16.5. The molecule has 0 amide bonds. The summed E-state index contributed by atoms with van der Waals surface area (Å²) in [5.41, 5.74) is 1.31. The van der Waals surface area contributed by atoms with Gasteiger partial charge in [-0.05, 0) is 12.8 Å². The average molecular weight is 617 g/mol. The number of ether oxygens (including phenoxy) is 4. The van der Waals surface area contributed by atoms with Crippen molar-refractivity contribution in [3.63, 3.8) is 0 Å². The third-order valence-corrected chi connectivity index (χ3v) is 8.44. The molecule has 4 fully saturated rings. The zero-order valence-electron chi connectivity index (χ0n) is 26.0. The van der Waals surface area contributed by atoms with E-state index >= 15 is 0 Å². The van der Waals surface area contributed by atoms with Crippen LogP contribution in [0.15, 0.2) is 8.83 Å². The van der Waals surface area contributed by atoms with Crippen LogP contribution in [0.5, 0.6) is 0 Å². The summed E-state index contributed by atoms with van der Waals surface area (Å²) < 4.78 is 38.8. The maximum absolute atomic E-state index is 6.20. The van der Waals surface area contributed by atoms with Gasteiger partial charge >= 0.3 is 23.3 Å². The van der Waals surface area contributed by atoms with E-state index in [1.165, 1.54) is 12.8 Å². The third kappa shape index (κ3) is 8.83. The summed E-state index contributed by atoms with van der Waals surface area (Å²) in [5.74, 6) is 3.03. The van der Waals surface area contributed by atoms with Gasteiger partial charge in [0.25, 0.3) is 0 Å². The Balaban J connectivity index is 0.991. The highest BCUT2D eigenvalue weighted by Gasteiger charge is 2.24. The fourth-order valence-corrected chi connectivity index (χ4v) is 5.81. The molecule has 0 bridgehead atoms. The van der Waals surface area contributed by atoms with Crippen LogP contribution in [0.1, 0.15) is 50.3 Å². The van der Waals surface area contributed by atoms with E-state index in [2.05, 4.69) is 19.0 Å². The van der Waals surface area contributed by atoms with Crippen molar-refractivity contribution in [2.75, 3.05) is 115 Å². The van der Waals surface area contributed by atoms with Crippen molar-refractivity contribution < 1.29 is 27.8 Å². The largest absolute Gasteiger partial charge is 0.504 e. The first kappa shape index (κ1) is 31.1. The summed E-state index contributed by atoms with van der Waals surface area (Å²) in [6, 6.07) is 0. The van der Waals surface area contributed by atoms with Gasteiger partial charge in [-0.3, -0.25) is 0 Å². The molecule has 4 aliphatic heterocycles. The molecule has 242 valence electrons. The molecular weight excluding hydrogens is 568 g/mol. The average Bonchev–Trinajstić information content (AvgIpc) is 3.10. The molecule has 14 heteroatoms. The van der Waals surface area contributed by atoms with Crippen molar-refractivity contribution in [1.82, 2.24) is 29.1 Å². The molecule has 6 heterocycles. The first-order chi connectivity index (χ1) is 21.8. The number of aromatic nitrogens is 4. The Hall–Kier alpha value is -2.94. The zero-order valence-corrected chi connectivity index (χ0v) is 26.0. The summed E-state index contributed by atoms with van der Waals surface area (Å²) in [7, 11) is 0. The molecule has 0 unspecified atom stereocenters. The Labute approximate surface area is 258 Å². The molecule has 2 aromatic heterocycles. The number of unbranched alkanes of at least 4 members (excludes halogenated alkanes) is 5. The molecule has 44 heavy (non-hydrogen) atoms. The van der Waals surface area contributed by atoms with E-state index in [9.17, 15) is 0 Å². The second kappa shape index (κ2) is 16.4. The molecule has 4 saturated heterocycles. The SMILES string of the molecule is C(CCCCc1nc(N2CCOCC2)nc(=[N+]2CCOCC2)o1)CCCc1nc(N2CCOCC2)nc(=[N+]2CCOCC2)o1. The maximum atomic E-state index is 6.20. The lowest BCUT2D eigenvalue weighted by Gasteiger charge is -2.24. The van der Waals surface area contributed by atoms with Gasteiger partial charge in [0, 0.05) is 49.0 Å². The minimum atomic E-state index is 0.656. The van der Waals surface area contributed by atoms with Gasteiger partial charge in [0.05, 0.1) is 52.9 Å². The van der Waals surface area contributed by atoms with E-state index < -0.39 is 0 Å². The van der Waals surface area contributed by atoms with Gasteiger partial charge in [-0.2, -0.15) is 9.97 Å². The lowest BCUT2D eigenvalue weighted by molar-refractivity contribution is 0.0899. The zero-order chi connectivity index (χ0) is 29.8. The number of hydrogen-bond acceptors (Lipinski definition) is 12. The number of aryl methyl sites for hydroxylation is 2. The molecule has 2 aromatic rings. The molecule has 4 aliphatic rings. The highest BCUT2D eigenvalue weighted by Crippen LogP contribution is 2.14. The van der Waals surface area contributed by atoms with Gasteiger partial charge in [-0.15, -0.1) is 0 Å². The monoisotopic (exact) mass is 616 g/mol. The van der Waals surface area contributed by atoms with Crippen molar-refractivity contribution in [3.05, 3.63) is 23.2 Å². The Morgan fingerprint density at radius 1 is 0.455 bits per heavy atom. The predicted octanol–water partition coefficient (Wildman–Crippen LogP) is -0.144. The van der Waals surface area contributed by atoms with Gasteiger partial charge in [-0.25, -0.2) is 9.15 Å². The highest BCUT2D eigenvalue weighted by molar-refractivity contribution is 5.29. The van der Waals surface area contributed by atoms with E-state index in [0.29, 0.717) is 64.2 Å². The van der Waals surface area contributed by atoms with Crippen molar-refractivity contribution >= 4 is 11.9 Å². The number of morpholine rings is 4. The number of hydrogen-bond donors (Lipinski definition) is 0. The molecule has 0 N–H and O–H groups in total. The molecule has 0 atom stereocenters. The van der Waals surface area contributed by atoms with E-state index in [-0.39, 0.29) is 0 Å². The molecule has 0 radical (unpaired) electrons. The summed E-state index contributed by atoms with van der Waals surface area (Å²) >= 11 is 0. The second-order valence-corrected chi connectivity index (χ2v) is 11.6. The first-order valence-corrected chi connectivity index (χ1v) is 16.5. The van der Waals surface area contributed by atoms with Crippen LogP contribution in [0.2, 0.25) is 0 Å². The second-order valence-electron chi connectivity index (χ2n) is 11.6. The van der Waals surface area contributed by atoms with Crippen LogP contribution in [0.4, 0.5) is 11.9 Å². The molecule has 14 nitrogen and oxygen atoms in total. The smallest absolute Gasteiger partial charge is 0.378 e. The standard InChI is InChI=1S/C30H48N8O6/c1(3-5-7-25-31-27(35-9-17-39-18-10-35)33-29(43-25)37-13-21-41-22-14-37)2-4-6-8-26-32-28(36-11-19-40-20-12-36)34-30(44-26)38-15-23-42-24-16-38/h1-24H2/q+2. The minimum Gasteiger partial charge on any atom is -0.378 e. The van der Waals surface area contributed by atoms with Crippen LogP contribution in [0.3, 0.4) is 0 Å². The van der Waals surface area contributed by atoms with Crippen LogP contribution in [0, 0.1) is 0 Å². The van der Waals surface area contributed by atoms with Gasteiger partial charge < -0.3 is 37.6 Å². The van der Waals surface area contributed by atoms with Crippen molar-refractivity contribution in [1.29, 1.82) is 0 Å². The van der Waals surface area contributed by atoms with E-state index in [1.807, 2.05) is 0 Å². The Bertz CT molecular complexity index is 1220. The molecule has 0 aromatic carbocycles. The number of rotatable bonds is 11. The van der Waals surface area contributed by atoms with Gasteiger partial charge in [0.1, 0.15) is 26.2 Å². The van der Waals surface area contributed by atoms with Crippen LogP contribution < -0.4 is 30.3 Å². The van der Waals surface area contributed by atoms with Crippen LogP contribution in [-0.2, 0) is 31.8 Å². The third-order valence-electron chi connectivity index (χ3n) is 8.44. The van der Waals surface area contributed by atoms with Crippen molar-refractivity contribution in [3.8, 4) is 0 Å². The molecule has 0 spiro atoms. The predicted molar refractivity (Wildman–Crippen MR) is 161 cm³/mol. The van der Waals surface area contributed by atoms with Crippen LogP contribution in [-0.4, -0.2) is 125 Å².